The molecule has 18 heavy (non-hydrogen) atoms. The van der Waals surface area contributed by atoms with Crippen molar-refractivity contribution < 1.29 is 0 Å². The van der Waals surface area contributed by atoms with E-state index in [1.54, 1.807) is 4.68 Å². The van der Waals surface area contributed by atoms with Gasteiger partial charge in [0, 0.05) is 12.0 Å². The van der Waals surface area contributed by atoms with Crippen LogP contribution in [0.25, 0.3) is 0 Å². The molecule has 0 saturated heterocycles. The van der Waals surface area contributed by atoms with Crippen molar-refractivity contribution in [3.05, 3.63) is 11.4 Å². The molecule has 1 aromatic rings. The van der Waals surface area contributed by atoms with E-state index in [1.165, 1.54) is 0 Å². The third kappa shape index (κ3) is 3.01. The molecule has 1 aromatic heterocycles. The Balaban J connectivity index is 3.48. The number of rotatable bonds is 2. The van der Waals surface area contributed by atoms with Crippen LogP contribution in [0.3, 0.4) is 0 Å². The average molecular weight is 354 g/mol. The lowest BCUT2D eigenvalue weighted by Crippen LogP contribution is -2.32. The van der Waals surface area contributed by atoms with Gasteiger partial charge < -0.3 is 0 Å². The Morgan fingerprint density at radius 3 is 1.89 bits per heavy atom. The minimum absolute atomic E-state index is 0.278. The largest absolute Gasteiger partial charge is 0.249 e. The van der Waals surface area contributed by atoms with Crippen LogP contribution >= 0.6 is 58.0 Å². The molecule has 3 nitrogen and oxygen atoms in total. The van der Waals surface area contributed by atoms with E-state index in [4.69, 9.17) is 58.0 Å². The maximum atomic E-state index is 6.17. The van der Waals surface area contributed by atoms with Gasteiger partial charge >= 0.3 is 0 Å². The predicted octanol–water partition coefficient (Wildman–Crippen LogP) is 4.60. The third-order valence-corrected chi connectivity index (χ3v) is 4.75. The lowest BCUT2D eigenvalue weighted by atomic mass is 9.89. The van der Waals surface area contributed by atoms with E-state index in [0.29, 0.717) is 6.54 Å². The highest BCUT2D eigenvalue weighted by Gasteiger charge is 2.52. The second-order valence-electron chi connectivity index (χ2n) is 4.92. The van der Waals surface area contributed by atoms with Gasteiger partial charge in [0.15, 0.2) is 0 Å². The molecule has 1 rings (SSSR count). The van der Waals surface area contributed by atoms with Crippen LogP contribution in [-0.2, 0) is 16.3 Å². The minimum atomic E-state index is -1.90. The molecule has 0 atom stereocenters. The molecule has 0 amide bonds. The average Bonchev–Trinajstić information content (AvgIpc) is 2.58. The predicted molar refractivity (Wildman–Crippen MR) is 78.1 cm³/mol. The lowest BCUT2D eigenvalue weighted by molar-refractivity contribution is 0.489. The fourth-order valence-electron chi connectivity index (χ4n) is 1.62. The number of aromatic nitrogens is 3. The van der Waals surface area contributed by atoms with E-state index in [1.807, 2.05) is 27.7 Å². The molecule has 0 aliphatic carbocycles. The zero-order chi connectivity index (χ0) is 14.4. The number of aryl methyl sites for hydroxylation is 1. The molecule has 0 spiro atoms. The second kappa shape index (κ2) is 5.17. The van der Waals surface area contributed by atoms with E-state index in [9.17, 15) is 0 Å². The number of nitrogens with zero attached hydrogens (tertiary/aromatic N) is 3. The molecule has 1 heterocycles. The van der Waals surface area contributed by atoms with Crippen LogP contribution in [0, 0.1) is 0 Å². The standard InChI is InChI=1S/C10H14Cl5N3/c1-5-18-7(8(2,3)4)6(16-17-18)9(11,12)10(13,14)15/h5H2,1-4H3. The summed E-state index contributed by atoms with van der Waals surface area (Å²) >= 11 is 29.8. The molecule has 0 radical (unpaired) electrons. The Kier molecular flexibility index (Phi) is 4.78. The molecule has 0 saturated carbocycles. The smallest absolute Gasteiger partial charge is 0.228 e. The summed E-state index contributed by atoms with van der Waals surface area (Å²) in [5.41, 5.74) is 0.751. The summed E-state index contributed by atoms with van der Waals surface area (Å²) in [5, 5.41) is 7.99. The van der Waals surface area contributed by atoms with Crippen LogP contribution in [0.2, 0.25) is 0 Å². The van der Waals surface area contributed by atoms with E-state index >= 15 is 0 Å². The molecule has 0 N–H and O–H groups in total. The highest BCUT2D eigenvalue weighted by Crippen LogP contribution is 2.53. The SMILES string of the molecule is CCn1nnc(C(Cl)(Cl)C(Cl)(Cl)Cl)c1C(C)(C)C. The maximum absolute atomic E-state index is 6.17. The molecule has 0 aliphatic rings. The normalized spacial score (nSPS) is 14.1. The van der Waals surface area contributed by atoms with Crippen molar-refractivity contribution in [2.24, 2.45) is 0 Å². The monoisotopic (exact) mass is 351 g/mol. The Labute approximate surface area is 132 Å². The Morgan fingerprint density at radius 2 is 1.56 bits per heavy atom. The number of halogens is 5. The van der Waals surface area contributed by atoms with Crippen LogP contribution in [0.1, 0.15) is 39.1 Å². The molecular formula is C10H14Cl5N3. The molecule has 0 fully saturated rings. The minimum Gasteiger partial charge on any atom is -0.249 e. The van der Waals surface area contributed by atoms with E-state index in [0.717, 1.165) is 5.69 Å². The quantitative estimate of drug-likeness (QED) is 0.728. The maximum Gasteiger partial charge on any atom is 0.228 e. The first kappa shape index (κ1) is 16.6. The summed E-state index contributed by atoms with van der Waals surface area (Å²) in [6, 6.07) is 0. The van der Waals surface area contributed by atoms with E-state index < -0.39 is 8.13 Å². The van der Waals surface area contributed by atoms with Crippen LogP contribution in [0.15, 0.2) is 0 Å². The van der Waals surface area contributed by atoms with Crippen LogP contribution in [0.4, 0.5) is 0 Å². The van der Waals surface area contributed by atoms with Crippen molar-refractivity contribution in [2.45, 2.75) is 47.8 Å². The lowest BCUT2D eigenvalue weighted by Gasteiger charge is -2.29. The van der Waals surface area contributed by atoms with Crippen LogP contribution in [-0.4, -0.2) is 18.8 Å². The van der Waals surface area contributed by atoms with Crippen molar-refractivity contribution in [3.63, 3.8) is 0 Å². The fourth-order valence-corrected chi connectivity index (χ4v) is 2.15. The zero-order valence-corrected chi connectivity index (χ0v) is 14.2. The van der Waals surface area contributed by atoms with Gasteiger partial charge in [0.2, 0.25) is 8.13 Å². The molecule has 104 valence electrons. The van der Waals surface area contributed by atoms with Gasteiger partial charge in [0.1, 0.15) is 5.69 Å². The zero-order valence-electron chi connectivity index (χ0n) is 10.4. The third-order valence-electron chi connectivity index (χ3n) is 2.40. The van der Waals surface area contributed by atoms with Crippen LogP contribution < -0.4 is 0 Å². The van der Waals surface area contributed by atoms with Gasteiger partial charge in [0.25, 0.3) is 0 Å². The molecule has 0 aliphatic heterocycles. The molecule has 8 heteroatoms. The van der Waals surface area contributed by atoms with Gasteiger partial charge in [-0.15, -0.1) is 5.10 Å². The van der Waals surface area contributed by atoms with E-state index in [2.05, 4.69) is 10.3 Å². The summed E-state index contributed by atoms with van der Waals surface area (Å²) < 4.78 is -1.95. The van der Waals surface area contributed by atoms with Gasteiger partial charge in [-0.3, -0.25) is 0 Å². The van der Waals surface area contributed by atoms with Gasteiger partial charge in [-0.2, -0.15) is 0 Å². The van der Waals surface area contributed by atoms with Crippen LogP contribution in [0.5, 0.6) is 0 Å². The summed E-state index contributed by atoms with van der Waals surface area (Å²) in [5.74, 6) is 0. The molecule has 0 aromatic carbocycles. The number of alkyl halides is 5. The van der Waals surface area contributed by atoms with Gasteiger partial charge in [-0.05, 0) is 6.92 Å². The Morgan fingerprint density at radius 1 is 1.06 bits per heavy atom. The van der Waals surface area contributed by atoms with Crippen molar-refractivity contribution in [3.8, 4) is 0 Å². The number of hydrogen-bond acceptors (Lipinski definition) is 2. The number of hydrogen-bond donors (Lipinski definition) is 0. The first-order chi connectivity index (χ1) is 7.93. The Bertz CT molecular complexity index is 428. The second-order valence-corrected chi connectivity index (χ2v) is 8.53. The first-order valence-corrected chi connectivity index (χ1v) is 7.21. The fraction of sp³-hybridized carbons (Fsp3) is 0.800. The van der Waals surface area contributed by atoms with E-state index in [-0.39, 0.29) is 11.1 Å². The summed E-state index contributed by atoms with van der Waals surface area (Å²) in [4.78, 5) is 0. The molecule has 0 unspecified atom stereocenters. The van der Waals surface area contributed by atoms with Crippen molar-refractivity contribution in [1.82, 2.24) is 15.0 Å². The topological polar surface area (TPSA) is 30.7 Å². The summed E-state index contributed by atoms with van der Waals surface area (Å²) in [6.07, 6.45) is 0. The van der Waals surface area contributed by atoms with Gasteiger partial charge in [-0.25, -0.2) is 4.68 Å². The van der Waals surface area contributed by atoms with Gasteiger partial charge in [0.05, 0.1) is 5.69 Å². The highest BCUT2D eigenvalue weighted by molar-refractivity contribution is 6.75. The highest BCUT2D eigenvalue weighted by atomic mass is 35.6. The van der Waals surface area contributed by atoms with Crippen molar-refractivity contribution in [1.29, 1.82) is 0 Å². The summed E-state index contributed by atoms with van der Waals surface area (Å²) in [7, 11) is 0. The first-order valence-electron chi connectivity index (χ1n) is 5.32. The van der Waals surface area contributed by atoms with Gasteiger partial charge in [-0.1, -0.05) is 84.0 Å². The van der Waals surface area contributed by atoms with Crippen molar-refractivity contribution in [2.75, 3.05) is 0 Å². The summed E-state index contributed by atoms with van der Waals surface area (Å²) in [6.45, 7) is 8.53. The molecule has 0 bridgehead atoms. The van der Waals surface area contributed by atoms with Crippen molar-refractivity contribution >= 4 is 58.0 Å². The Hall–Kier alpha value is 0.590. The molecular weight excluding hydrogens is 339 g/mol.